The molecule has 116 valence electrons. The average molecular weight is 362 g/mol. The molecule has 4 heteroatoms. The molecule has 1 unspecified atom stereocenters. The van der Waals surface area contributed by atoms with Crippen molar-refractivity contribution in [3.8, 4) is 5.75 Å². The van der Waals surface area contributed by atoms with Gasteiger partial charge in [-0.2, -0.15) is 0 Å². The Morgan fingerprint density at radius 3 is 2.55 bits per heavy atom. The number of amides is 1. The maximum Gasteiger partial charge on any atom is 0.258 e. The van der Waals surface area contributed by atoms with Crippen molar-refractivity contribution in [1.82, 2.24) is 5.32 Å². The first-order valence-corrected chi connectivity index (χ1v) is 8.00. The van der Waals surface area contributed by atoms with Gasteiger partial charge < -0.3 is 10.1 Å². The molecule has 0 bridgehead atoms. The van der Waals surface area contributed by atoms with Crippen molar-refractivity contribution < 1.29 is 9.53 Å². The highest BCUT2D eigenvalue weighted by Crippen LogP contribution is 2.26. The Morgan fingerprint density at radius 1 is 1.18 bits per heavy atom. The number of hydrogen-bond acceptors (Lipinski definition) is 2. The molecule has 2 aromatic carbocycles. The molecule has 22 heavy (non-hydrogen) atoms. The molecule has 1 atom stereocenters. The van der Waals surface area contributed by atoms with Gasteiger partial charge in [-0.05, 0) is 49.6 Å². The van der Waals surface area contributed by atoms with Gasteiger partial charge >= 0.3 is 0 Å². The number of nitrogens with one attached hydrogen (secondary N) is 1. The van der Waals surface area contributed by atoms with Crippen molar-refractivity contribution in [3.05, 3.63) is 63.6 Å². The molecule has 0 spiro atoms. The molecule has 2 rings (SSSR count). The van der Waals surface area contributed by atoms with E-state index >= 15 is 0 Å². The molecule has 1 N–H and O–H groups in total. The number of rotatable bonds is 5. The smallest absolute Gasteiger partial charge is 0.258 e. The summed E-state index contributed by atoms with van der Waals surface area (Å²) in [4.78, 5) is 12.0. The molecule has 2 aromatic rings. The summed E-state index contributed by atoms with van der Waals surface area (Å²) >= 11 is 3.48. The quantitative estimate of drug-likeness (QED) is 0.860. The number of halogens is 1. The van der Waals surface area contributed by atoms with Gasteiger partial charge in [-0.3, -0.25) is 4.79 Å². The number of carbonyl (C=O) groups excluding carboxylic acids is 1. The minimum Gasteiger partial charge on any atom is -0.483 e. The topological polar surface area (TPSA) is 38.3 Å². The van der Waals surface area contributed by atoms with Gasteiger partial charge in [0.2, 0.25) is 0 Å². The lowest BCUT2D eigenvalue weighted by Gasteiger charge is -2.15. The zero-order valence-electron chi connectivity index (χ0n) is 13.0. The maximum absolute atomic E-state index is 12.0. The maximum atomic E-state index is 12.0. The Labute approximate surface area is 139 Å². The van der Waals surface area contributed by atoms with E-state index in [1.165, 1.54) is 0 Å². The Morgan fingerprint density at radius 2 is 1.86 bits per heavy atom. The van der Waals surface area contributed by atoms with E-state index < -0.39 is 0 Å². The normalized spacial score (nSPS) is 11.8. The van der Waals surface area contributed by atoms with Crippen LogP contribution in [0, 0.1) is 13.8 Å². The number of aryl methyl sites for hydroxylation is 2. The third-order valence-electron chi connectivity index (χ3n) is 3.49. The van der Waals surface area contributed by atoms with E-state index in [1.54, 1.807) is 0 Å². The first-order valence-electron chi connectivity index (χ1n) is 7.21. The second-order valence-corrected chi connectivity index (χ2v) is 6.21. The monoisotopic (exact) mass is 361 g/mol. The van der Waals surface area contributed by atoms with Crippen LogP contribution in [0.5, 0.6) is 5.75 Å². The molecular weight excluding hydrogens is 342 g/mol. The zero-order valence-corrected chi connectivity index (χ0v) is 14.6. The fraction of sp³-hybridized carbons (Fsp3) is 0.278. The van der Waals surface area contributed by atoms with Gasteiger partial charge in [0, 0.05) is 4.47 Å². The lowest BCUT2D eigenvalue weighted by molar-refractivity contribution is -0.123. The van der Waals surface area contributed by atoms with Gasteiger partial charge in [0.1, 0.15) is 5.75 Å². The summed E-state index contributed by atoms with van der Waals surface area (Å²) in [5.74, 6) is 0.611. The van der Waals surface area contributed by atoms with Gasteiger partial charge in [0.25, 0.3) is 5.91 Å². The van der Waals surface area contributed by atoms with E-state index in [1.807, 2.05) is 63.2 Å². The van der Waals surface area contributed by atoms with Crippen molar-refractivity contribution in [3.63, 3.8) is 0 Å². The highest BCUT2D eigenvalue weighted by Gasteiger charge is 2.11. The number of benzene rings is 2. The number of ether oxygens (including phenoxy) is 1. The Hall–Kier alpha value is -1.81. The number of carbonyl (C=O) groups is 1. The van der Waals surface area contributed by atoms with E-state index in [9.17, 15) is 4.79 Å². The predicted octanol–water partition coefficient (Wildman–Crippen LogP) is 4.32. The minimum atomic E-state index is -0.128. The van der Waals surface area contributed by atoms with Crippen molar-refractivity contribution in [1.29, 1.82) is 0 Å². The second kappa shape index (κ2) is 7.45. The van der Waals surface area contributed by atoms with Crippen LogP contribution < -0.4 is 10.1 Å². The molecule has 0 fully saturated rings. The summed E-state index contributed by atoms with van der Waals surface area (Å²) in [5.41, 5.74) is 3.16. The molecule has 0 aromatic heterocycles. The minimum absolute atomic E-state index is 0.0130. The van der Waals surface area contributed by atoms with E-state index in [4.69, 9.17) is 4.74 Å². The number of hydrogen-bond donors (Lipinski definition) is 1. The van der Waals surface area contributed by atoms with Crippen molar-refractivity contribution in [2.24, 2.45) is 0 Å². The molecule has 0 aliphatic heterocycles. The third kappa shape index (κ3) is 4.34. The van der Waals surface area contributed by atoms with E-state index in [0.717, 1.165) is 26.9 Å². The summed E-state index contributed by atoms with van der Waals surface area (Å²) in [6.45, 7) is 5.93. The van der Waals surface area contributed by atoms with E-state index in [2.05, 4.69) is 21.2 Å². The fourth-order valence-corrected chi connectivity index (χ4v) is 2.62. The van der Waals surface area contributed by atoms with Crippen LogP contribution in [-0.2, 0) is 4.79 Å². The van der Waals surface area contributed by atoms with E-state index in [0.29, 0.717) is 0 Å². The predicted molar refractivity (Wildman–Crippen MR) is 92.1 cm³/mol. The highest BCUT2D eigenvalue weighted by atomic mass is 79.9. The first kappa shape index (κ1) is 16.6. The van der Waals surface area contributed by atoms with Crippen LogP contribution in [0.25, 0.3) is 0 Å². The summed E-state index contributed by atoms with van der Waals surface area (Å²) < 4.78 is 6.68. The van der Waals surface area contributed by atoms with Gasteiger partial charge in [0.05, 0.1) is 6.04 Å². The summed E-state index contributed by atoms with van der Waals surface area (Å²) in [7, 11) is 0. The first-order chi connectivity index (χ1) is 10.5. The van der Waals surface area contributed by atoms with Crippen LogP contribution in [0.1, 0.15) is 29.7 Å². The SMILES string of the molecule is Cc1cc(OCC(=O)NC(C)c2ccccc2)c(C)cc1Br. The Bertz CT molecular complexity index is 656. The molecule has 0 heterocycles. The Balaban J connectivity index is 1.92. The van der Waals surface area contributed by atoms with Crippen LogP contribution in [0.4, 0.5) is 0 Å². The van der Waals surface area contributed by atoms with Gasteiger partial charge in [0.15, 0.2) is 6.61 Å². The molecule has 0 saturated heterocycles. The van der Waals surface area contributed by atoms with Crippen LogP contribution >= 0.6 is 15.9 Å². The summed E-state index contributed by atoms with van der Waals surface area (Å²) in [6, 6.07) is 13.8. The fourth-order valence-electron chi connectivity index (χ4n) is 2.16. The van der Waals surface area contributed by atoms with Crippen LogP contribution in [0.3, 0.4) is 0 Å². The molecule has 0 aliphatic rings. The zero-order chi connectivity index (χ0) is 16.1. The molecule has 1 amide bonds. The average Bonchev–Trinajstić information content (AvgIpc) is 2.50. The van der Waals surface area contributed by atoms with Gasteiger partial charge in [-0.25, -0.2) is 0 Å². The van der Waals surface area contributed by atoms with E-state index in [-0.39, 0.29) is 18.6 Å². The van der Waals surface area contributed by atoms with Gasteiger partial charge in [-0.1, -0.05) is 46.3 Å². The highest BCUT2D eigenvalue weighted by molar-refractivity contribution is 9.10. The van der Waals surface area contributed by atoms with Crippen LogP contribution in [0.2, 0.25) is 0 Å². The standard InChI is InChI=1S/C18H20BrNO2/c1-12-10-17(13(2)9-16(12)19)22-11-18(21)20-14(3)15-7-5-4-6-8-15/h4-10,14H,11H2,1-3H3,(H,20,21). The molecule has 0 aliphatic carbocycles. The molecular formula is C18H20BrNO2. The lowest BCUT2D eigenvalue weighted by Crippen LogP contribution is -2.31. The summed E-state index contributed by atoms with van der Waals surface area (Å²) in [5, 5.41) is 2.94. The van der Waals surface area contributed by atoms with Crippen molar-refractivity contribution in [2.45, 2.75) is 26.8 Å². The van der Waals surface area contributed by atoms with Gasteiger partial charge in [-0.15, -0.1) is 0 Å². The molecule has 0 radical (unpaired) electrons. The van der Waals surface area contributed by atoms with Crippen molar-refractivity contribution in [2.75, 3.05) is 6.61 Å². The molecule has 3 nitrogen and oxygen atoms in total. The van der Waals surface area contributed by atoms with Crippen LogP contribution in [-0.4, -0.2) is 12.5 Å². The summed E-state index contributed by atoms with van der Waals surface area (Å²) in [6.07, 6.45) is 0. The largest absolute Gasteiger partial charge is 0.483 e. The van der Waals surface area contributed by atoms with Crippen LogP contribution in [0.15, 0.2) is 46.9 Å². The second-order valence-electron chi connectivity index (χ2n) is 5.36. The Kier molecular flexibility index (Phi) is 5.61. The third-order valence-corrected chi connectivity index (χ3v) is 4.35. The molecule has 0 saturated carbocycles. The lowest BCUT2D eigenvalue weighted by atomic mass is 10.1. The van der Waals surface area contributed by atoms with Crippen molar-refractivity contribution >= 4 is 21.8 Å².